The lowest BCUT2D eigenvalue weighted by molar-refractivity contribution is -0.165. The molecule has 0 saturated heterocycles. The van der Waals surface area contributed by atoms with Crippen LogP contribution in [0.2, 0.25) is 0 Å². The summed E-state index contributed by atoms with van der Waals surface area (Å²) >= 11 is 0. The first-order chi connectivity index (χ1) is 24.7. The third kappa shape index (κ3) is 48.4. The molecule has 0 fully saturated rings. The predicted molar refractivity (Wildman–Crippen MR) is 216 cm³/mol. The molecule has 0 aromatic heterocycles. The number of rotatable bonds is 37. The molecule has 51 heavy (non-hydrogen) atoms. The molecule has 0 radical (unpaired) electrons. The van der Waals surface area contributed by atoms with Crippen molar-refractivity contribution in [3.05, 3.63) is 0 Å². The van der Waals surface area contributed by atoms with E-state index in [4.69, 9.17) is 14.2 Å². The number of hydrogen-bond acceptors (Lipinski definition) is 7. The Kier molecular flexibility index (Phi) is 43.2. The smallest absolute Gasteiger partial charge is 0.305 e. The fraction of sp³-hybridized carbons (Fsp3) is 0.932. The third-order valence-corrected chi connectivity index (χ3v) is 9.16. The summed E-state index contributed by atoms with van der Waals surface area (Å²) in [5.41, 5.74) is 0. The van der Waals surface area contributed by atoms with Gasteiger partial charge >= 0.3 is 17.9 Å². The standard InChI is InChI=1S/C41H78O6.C3H9N/c1-4-6-8-10-12-14-16-18-20-22-24-26-28-30-32-34-40(43)45-36-39(47-38(3)42)37-46-41(44)35-33-31-29-27-25-23-21-19-17-15-13-11-9-7-5-2;1-4(2)3/h39H,4-37H2,1-3H3;1-3H3. The van der Waals surface area contributed by atoms with Crippen LogP contribution in [0.1, 0.15) is 226 Å². The number of esters is 3. The van der Waals surface area contributed by atoms with Crippen molar-refractivity contribution in [2.24, 2.45) is 0 Å². The minimum Gasteiger partial charge on any atom is -0.462 e. The van der Waals surface area contributed by atoms with Crippen LogP contribution >= 0.6 is 0 Å². The van der Waals surface area contributed by atoms with E-state index in [-0.39, 0.29) is 25.2 Å². The van der Waals surface area contributed by atoms with E-state index in [1.807, 2.05) is 26.0 Å². The fourth-order valence-electron chi connectivity index (χ4n) is 6.15. The highest BCUT2D eigenvalue weighted by atomic mass is 16.6. The number of nitrogens with zero attached hydrogens (tertiary/aromatic N) is 1. The van der Waals surface area contributed by atoms with E-state index >= 15 is 0 Å². The Labute approximate surface area is 317 Å². The van der Waals surface area contributed by atoms with Gasteiger partial charge in [0, 0.05) is 19.8 Å². The van der Waals surface area contributed by atoms with Crippen LogP contribution in [0, 0.1) is 0 Å². The molecule has 304 valence electrons. The van der Waals surface area contributed by atoms with Gasteiger partial charge in [0.1, 0.15) is 13.2 Å². The summed E-state index contributed by atoms with van der Waals surface area (Å²) in [5.74, 6) is -1.06. The molecule has 0 bridgehead atoms. The normalized spacial score (nSPS) is 11.1. The number of ether oxygens (including phenoxy) is 3. The molecular formula is C44H87NO6. The molecule has 0 aliphatic heterocycles. The maximum atomic E-state index is 12.2. The summed E-state index contributed by atoms with van der Waals surface area (Å²) in [6.45, 7) is 5.68. The molecule has 0 rings (SSSR count). The topological polar surface area (TPSA) is 82.1 Å². The maximum Gasteiger partial charge on any atom is 0.305 e. The number of unbranched alkanes of at least 4 members (excludes halogenated alkanes) is 28. The molecule has 0 saturated carbocycles. The molecule has 0 aromatic rings. The van der Waals surface area contributed by atoms with Crippen molar-refractivity contribution in [3.63, 3.8) is 0 Å². The molecule has 0 amide bonds. The molecule has 0 heterocycles. The first-order valence-corrected chi connectivity index (χ1v) is 21.8. The van der Waals surface area contributed by atoms with E-state index in [1.54, 1.807) is 0 Å². The van der Waals surface area contributed by atoms with Gasteiger partial charge in [-0.05, 0) is 34.0 Å². The van der Waals surface area contributed by atoms with Gasteiger partial charge in [-0.3, -0.25) is 14.4 Å². The van der Waals surface area contributed by atoms with Crippen LogP contribution in [-0.2, 0) is 28.6 Å². The molecule has 0 atom stereocenters. The fourth-order valence-corrected chi connectivity index (χ4v) is 6.15. The van der Waals surface area contributed by atoms with Crippen LogP contribution in [0.3, 0.4) is 0 Å². The molecule has 0 aromatic carbocycles. The summed E-state index contributed by atoms with van der Waals surface area (Å²) in [4.78, 5) is 37.9. The van der Waals surface area contributed by atoms with Crippen LogP contribution in [0.25, 0.3) is 0 Å². The largest absolute Gasteiger partial charge is 0.462 e. The van der Waals surface area contributed by atoms with Crippen molar-refractivity contribution < 1.29 is 28.6 Å². The first kappa shape index (κ1) is 51.5. The summed E-state index contributed by atoms with van der Waals surface area (Å²) in [5, 5.41) is 0. The minimum atomic E-state index is -0.762. The lowest BCUT2D eigenvalue weighted by Gasteiger charge is -2.17. The van der Waals surface area contributed by atoms with E-state index in [1.165, 1.54) is 161 Å². The van der Waals surface area contributed by atoms with E-state index < -0.39 is 12.1 Å². The average Bonchev–Trinajstić information content (AvgIpc) is 3.09. The molecule has 7 heteroatoms. The van der Waals surface area contributed by atoms with Gasteiger partial charge in [0.2, 0.25) is 0 Å². The Morgan fingerprint density at radius 2 is 0.627 bits per heavy atom. The van der Waals surface area contributed by atoms with Gasteiger partial charge in [-0.2, -0.15) is 0 Å². The summed E-state index contributed by atoms with van der Waals surface area (Å²) in [7, 11) is 6.00. The Bertz CT molecular complexity index is 690. The van der Waals surface area contributed by atoms with E-state index in [9.17, 15) is 14.4 Å². The van der Waals surface area contributed by atoms with Crippen molar-refractivity contribution in [2.45, 2.75) is 232 Å². The molecule has 0 unspecified atom stereocenters. The zero-order valence-electron chi connectivity index (χ0n) is 35.0. The summed E-state index contributed by atoms with van der Waals surface area (Å²) in [6, 6.07) is 0. The SMILES string of the molecule is CCCCCCCCCCCCCCCCCC(=O)OCC(COC(=O)CCCCCCCCCCCCCCCCC)OC(C)=O.CN(C)C. The Balaban J connectivity index is 0. The number of carbonyl (C=O) groups excluding carboxylic acids is 3. The van der Waals surface area contributed by atoms with Gasteiger partial charge in [-0.1, -0.05) is 194 Å². The van der Waals surface area contributed by atoms with Crippen LogP contribution in [0.15, 0.2) is 0 Å². The molecule has 0 aliphatic carbocycles. The van der Waals surface area contributed by atoms with Crippen molar-refractivity contribution in [3.8, 4) is 0 Å². The van der Waals surface area contributed by atoms with Gasteiger partial charge in [-0.15, -0.1) is 0 Å². The van der Waals surface area contributed by atoms with E-state index in [0.29, 0.717) is 12.8 Å². The van der Waals surface area contributed by atoms with Gasteiger partial charge in [0.25, 0.3) is 0 Å². The maximum absolute atomic E-state index is 12.2. The molecule has 7 nitrogen and oxygen atoms in total. The van der Waals surface area contributed by atoms with Crippen LogP contribution in [0.5, 0.6) is 0 Å². The zero-order chi connectivity index (χ0) is 38.0. The van der Waals surface area contributed by atoms with Crippen molar-refractivity contribution in [1.82, 2.24) is 4.90 Å². The quantitative estimate of drug-likeness (QED) is 0.0358. The van der Waals surface area contributed by atoms with Crippen LogP contribution < -0.4 is 0 Å². The van der Waals surface area contributed by atoms with Crippen molar-refractivity contribution in [1.29, 1.82) is 0 Å². The van der Waals surface area contributed by atoms with E-state index in [2.05, 4.69) is 13.8 Å². The lowest BCUT2D eigenvalue weighted by Crippen LogP contribution is -2.30. The van der Waals surface area contributed by atoms with Gasteiger partial charge in [0.05, 0.1) is 0 Å². The second-order valence-electron chi connectivity index (χ2n) is 15.3. The molecular weight excluding hydrogens is 638 g/mol. The first-order valence-electron chi connectivity index (χ1n) is 21.8. The second-order valence-corrected chi connectivity index (χ2v) is 15.3. The molecule has 0 aliphatic rings. The van der Waals surface area contributed by atoms with Gasteiger partial charge < -0.3 is 19.1 Å². The number of carbonyl (C=O) groups is 3. The Morgan fingerprint density at radius 1 is 0.412 bits per heavy atom. The van der Waals surface area contributed by atoms with E-state index in [0.717, 1.165) is 38.5 Å². The highest BCUT2D eigenvalue weighted by molar-refractivity contribution is 5.70. The Morgan fingerprint density at radius 3 is 0.843 bits per heavy atom. The Hall–Kier alpha value is -1.63. The zero-order valence-corrected chi connectivity index (χ0v) is 35.0. The highest BCUT2D eigenvalue weighted by Crippen LogP contribution is 2.15. The third-order valence-electron chi connectivity index (χ3n) is 9.16. The van der Waals surface area contributed by atoms with Gasteiger partial charge in [0.15, 0.2) is 6.10 Å². The molecule has 0 spiro atoms. The highest BCUT2D eigenvalue weighted by Gasteiger charge is 2.18. The number of hydrogen-bond donors (Lipinski definition) is 0. The van der Waals surface area contributed by atoms with Crippen molar-refractivity contribution >= 4 is 17.9 Å². The summed E-state index contributed by atoms with van der Waals surface area (Å²) in [6.07, 6.45) is 38.4. The van der Waals surface area contributed by atoms with Crippen LogP contribution in [-0.4, -0.2) is 63.3 Å². The predicted octanol–water partition coefficient (Wildman–Crippen LogP) is 12.7. The van der Waals surface area contributed by atoms with Gasteiger partial charge in [-0.25, -0.2) is 0 Å². The molecule has 0 N–H and O–H groups in total. The summed E-state index contributed by atoms with van der Waals surface area (Å²) < 4.78 is 15.9. The minimum absolute atomic E-state index is 0.0800. The average molecular weight is 726 g/mol. The van der Waals surface area contributed by atoms with Crippen molar-refractivity contribution in [2.75, 3.05) is 34.4 Å². The van der Waals surface area contributed by atoms with Crippen LogP contribution in [0.4, 0.5) is 0 Å². The second kappa shape index (κ2) is 42.8. The lowest BCUT2D eigenvalue weighted by atomic mass is 10.0. The monoisotopic (exact) mass is 726 g/mol.